The lowest BCUT2D eigenvalue weighted by atomic mass is 10.1. The van der Waals surface area contributed by atoms with Crippen LogP contribution >= 0.6 is 0 Å². The Balaban J connectivity index is 1.31. The number of benzene rings is 2. The first-order valence-electron chi connectivity index (χ1n) is 12.6. The second-order valence-corrected chi connectivity index (χ2v) is 9.37. The number of aliphatic carboxylic acids is 1. The van der Waals surface area contributed by atoms with E-state index in [4.69, 9.17) is 14.9 Å². The second-order valence-electron chi connectivity index (χ2n) is 9.37. The van der Waals surface area contributed by atoms with Crippen LogP contribution in [0.2, 0.25) is 0 Å². The third-order valence-electron chi connectivity index (χ3n) is 6.80. The van der Waals surface area contributed by atoms with Crippen LogP contribution in [0.5, 0.6) is 5.75 Å². The van der Waals surface area contributed by atoms with Crippen LogP contribution in [0.4, 0.5) is 16.3 Å². The number of carboxylic acid groups (broad SMARTS) is 2. The van der Waals surface area contributed by atoms with Crippen LogP contribution in [0, 0.1) is 0 Å². The smallest absolute Gasteiger partial charge is 0.405 e. The number of nitrogens with zero attached hydrogens (tertiary/aromatic N) is 4. The third-order valence-corrected chi connectivity index (χ3v) is 6.80. The van der Waals surface area contributed by atoms with Gasteiger partial charge in [0.15, 0.2) is 11.5 Å². The minimum atomic E-state index is -1.35. The zero-order valence-corrected chi connectivity index (χ0v) is 20.9. The average Bonchev–Trinajstić information content (AvgIpc) is 3.59. The standard InChI is InChI=1S/C26H29N7O6/c34-21(35)9-8-19(32-26(37)38)25(36)31-16-7-6-15-3-1-5-20(18(15)11-16)39-12-17-4-2-10-33(17)24-22-23(28-13-27-22)29-14-30-24/h1,3,5-7,11,13-14,17,19,25,31-32,36H,2,4,8-10,12H2,(H,34,35)(H,37,38)(H,27,28,29,30). The van der Waals surface area contributed by atoms with Crippen LogP contribution in [0.15, 0.2) is 49.1 Å². The van der Waals surface area contributed by atoms with Gasteiger partial charge < -0.3 is 40.6 Å². The Morgan fingerprint density at radius 1 is 1.18 bits per heavy atom. The molecule has 1 fully saturated rings. The van der Waals surface area contributed by atoms with Crippen molar-refractivity contribution in [1.82, 2.24) is 25.3 Å². The molecule has 0 saturated carbocycles. The Morgan fingerprint density at radius 3 is 2.87 bits per heavy atom. The number of rotatable bonds is 11. The lowest BCUT2D eigenvalue weighted by Crippen LogP contribution is -2.46. The van der Waals surface area contributed by atoms with E-state index in [-0.39, 0.29) is 18.9 Å². The lowest BCUT2D eigenvalue weighted by molar-refractivity contribution is -0.137. The van der Waals surface area contributed by atoms with E-state index in [1.807, 2.05) is 30.3 Å². The van der Waals surface area contributed by atoms with Gasteiger partial charge in [0.1, 0.15) is 30.4 Å². The van der Waals surface area contributed by atoms with E-state index in [1.54, 1.807) is 12.4 Å². The van der Waals surface area contributed by atoms with Crippen molar-refractivity contribution < 1.29 is 29.6 Å². The summed E-state index contributed by atoms with van der Waals surface area (Å²) < 4.78 is 6.32. The molecule has 0 bridgehead atoms. The predicted octanol–water partition coefficient (Wildman–Crippen LogP) is 2.79. The fraction of sp³-hybridized carbons (Fsp3) is 0.346. The van der Waals surface area contributed by atoms with Crippen molar-refractivity contribution in [3.8, 4) is 5.75 Å². The first kappa shape index (κ1) is 26.0. The fourth-order valence-corrected chi connectivity index (χ4v) is 4.92. The summed E-state index contributed by atoms with van der Waals surface area (Å²) in [4.78, 5) is 40.4. The minimum Gasteiger partial charge on any atom is -0.491 e. The number of aromatic nitrogens is 4. The zero-order valence-electron chi connectivity index (χ0n) is 20.9. The lowest BCUT2D eigenvalue weighted by Gasteiger charge is -2.26. The van der Waals surface area contributed by atoms with Gasteiger partial charge in [0, 0.05) is 24.0 Å². The molecule has 1 aliphatic heterocycles. The summed E-state index contributed by atoms with van der Waals surface area (Å²) in [5, 5.41) is 35.5. The Bertz CT molecular complexity index is 1480. The minimum absolute atomic E-state index is 0.0766. The number of ether oxygens (including phenoxy) is 1. The van der Waals surface area contributed by atoms with Gasteiger partial charge in [-0.25, -0.2) is 19.7 Å². The molecule has 13 heteroatoms. The quantitative estimate of drug-likeness (QED) is 0.155. The molecule has 3 heterocycles. The average molecular weight is 536 g/mol. The molecule has 1 aliphatic rings. The van der Waals surface area contributed by atoms with E-state index in [0.29, 0.717) is 23.7 Å². The highest BCUT2D eigenvalue weighted by molar-refractivity contribution is 5.91. The number of aliphatic hydroxyl groups excluding tert-OH is 1. The maximum Gasteiger partial charge on any atom is 0.405 e. The molecule has 4 aromatic rings. The van der Waals surface area contributed by atoms with Gasteiger partial charge in [0.05, 0.1) is 18.4 Å². The number of hydrogen-bond donors (Lipinski definition) is 6. The number of H-pyrrole nitrogens is 1. The molecular formula is C26H29N7O6. The highest BCUT2D eigenvalue weighted by Gasteiger charge is 2.28. The van der Waals surface area contributed by atoms with Crippen molar-refractivity contribution in [2.75, 3.05) is 23.4 Å². The van der Waals surface area contributed by atoms with Gasteiger partial charge in [-0.1, -0.05) is 18.2 Å². The van der Waals surface area contributed by atoms with Crippen LogP contribution in [0.3, 0.4) is 0 Å². The van der Waals surface area contributed by atoms with Crippen LogP contribution < -0.4 is 20.3 Å². The molecule has 3 atom stereocenters. The number of imidazole rings is 1. The first-order valence-corrected chi connectivity index (χ1v) is 12.6. The molecule has 1 saturated heterocycles. The van der Waals surface area contributed by atoms with Crippen molar-refractivity contribution in [2.45, 2.75) is 44.0 Å². The number of aliphatic hydroxyl groups is 1. The zero-order chi connectivity index (χ0) is 27.4. The van der Waals surface area contributed by atoms with Crippen molar-refractivity contribution in [3.63, 3.8) is 0 Å². The first-order chi connectivity index (χ1) is 18.9. The van der Waals surface area contributed by atoms with E-state index in [9.17, 15) is 14.7 Å². The second kappa shape index (κ2) is 11.4. The van der Waals surface area contributed by atoms with Gasteiger partial charge in [0.25, 0.3) is 0 Å². The largest absolute Gasteiger partial charge is 0.491 e. The van der Waals surface area contributed by atoms with Crippen molar-refractivity contribution >= 4 is 45.5 Å². The normalized spacial score (nSPS) is 16.7. The Labute approximate surface area is 222 Å². The summed E-state index contributed by atoms with van der Waals surface area (Å²) in [6.45, 7) is 1.27. The van der Waals surface area contributed by atoms with Gasteiger partial charge in [-0.05, 0) is 42.8 Å². The number of anilines is 2. The monoisotopic (exact) mass is 535 g/mol. The maximum absolute atomic E-state index is 11.1. The highest BCUT2D eigenvalue weighted by atomic mass is 16.5. The van der Waals surface area contributed by atoms with E-state index in [1.165, 1.54) is 6.33 Å². The molecule has 0 spiro atoms. The molecule has 2 aromatic carbocycles. The molecule has 0 radical (unpaired) electrons. The van der Waals surface area contributed by atoms with Crippen molar-refractivity contribution in [1.29, 1.82) is 0 Å². The highest BCUT2D eigenvalue weighted by Crippen LogP contribution is 2.32. The van der Waals surface area contributed by atoms with E-state index < -0.39 is 24.3 Å². The van der Waals surface area contributed by atoms with Crippen LogP contribution in [0.1, 0.15) is 25.7 Å². The third kappa shape index (κ3) is 5.93. The molecule has 3 unspecified atom stereocenters. The molecule has 204 valence electrons. The molecule has 2 aromatic heterocycles. The summed E-state index contributed by atoms with van der Waals surface area (Å²) in [5.41, 5.74) is 1.94. The number of carboxylic acids is 1. The van der Waals surface area contributed by atoms with E-state index >= 15 is 0 Å². The maximum atomic E-state index is 11.1. The summed E-state index contributed by atoms with van der Waals surface area (Å²) in [7, 11) is 0. The molecule has 39 heavy (non-hydrogen) atoms. The SMILES string of the molecule is O=C(O)CCC(NC(=O)O)C(O)Nc1ccc2cccc(OCC3CCCN3c3ncnc4nc[nH]c34)c2c1. The summed E-state index contributed by atoms with van der Waals surface area (Å²) in [5.74, 6) is 0.383. The molecule has 0 aliphatic carbocycles. The van der Waals surface area contributed by atoms with E-state index in [2.05, 4.69) is 35.5 Å². The number of nitrogens with one attached hydrogen (secondary N) is 3. The summed E-state index contributed by atoms with van der Waals surface area (Å²) in [6.07, 6.45) is 2.00. The molecular weight excluding hydrogens is 506 g/mol. The van der Waals surface area contributed by atoms with Crippen LogP contribution in [-0.2, 0) is 4.79 Å². The topological polar surface area (TPSA) is 186 Å². The van der Waals surface area contributed by atoms with Crippen molar-refractivity contribution in [3.05, 3.63) is 49.1 Å². The molecule has 6 N–H and O–H groups in total. The van der Waals surface area contributed by atoms with Gasteiger partial charge in [-0.15, -0.1) is 0 Å². The van der Waals surface area contributed by atoms with Crippen LogP contribution in [-0.4, -0.2) is 78.8 Å². The number of aromatic amines is 1. The van der Waals surface area contributed by atoms with Gasteiger partial charge in [-0.3, -0.25) is 4.79 Å². The van der Waals surface area contributed by atoms with Crippen LogP contribution in [0.25, 0.3) is 21.9 Å². The number of carbonyl (C=O) groups is 2. The molecule has 13 nitrogen and oxygen atoms in total. The Morgan fingerprint density at radius 2 is 2.05 bits per heavy atom. The van der Waals surface area contributed by atoms with Gasteiger partial charge in [-0.2, -0.15) is 0 Å². The molecule has 5 rings (SSSR count). The Hall–Kier alpha value is -4.65. The van der Waals surface area contributed by atoms with Gasteiger partial charge >= 0.3 is 12.1 Å². The number of amides is 1. The predicted molar refractivity (Wildman–Crippen MR) is 143 cm³/mol. The summed E-state index contributed by atoms with van der Waals surface area (Å²) >= 11 is 0. The Kier molecular flexibility index (Phi) is 7.59. The van der Waals surface area contributed by atoms with E-state index in [0.717, 1.165) is 41.5 Å². The molecule has 1 amide bonds. The fourth-order valence-electron chi connectivity index (χ4n) is 4.92. The number of fused-ring (bicyclic) bond motifs is 2. The summed E-state index contributed by atoms with van der Waals surface area (Å²) in [6, 6.07) is 10.2. The number of hydrogen-bond acceptors (Lipinski definition) is 9. The van der Waals surface area contributed by atoms with Gasteiger partial charge in [0.2, 0.25) is 0 Å². The van der Waals surface area contributed by atoms with Crippen molar-refractivity contribution in [2.24, 2.45) is 0 Å².